The Kier molecular flexibility index (Phi) is 9.90. The summed E-state index contributed by atoms with van der Waals surface area (Å²) in [5.41, 5.74) is 2.78. The van der Waals surface area contributed by atoms with Crippen molar-refractivity contribution in [2.75, 3.05) is 69.9 Å². The lowest BCUT2D eigenvalue weighted by molar-refractivity contribution is -0.133. The van der Waals surface area contributed by atoms with E-state index in [0.717, 1.165) is 32.1 Å². The average molecular weight is 837 g/mol. The second-order valence-electron chi connectivity index (χ2n) is 16.2. The zero-order valence-electron chi connectivity index (χ0n) is 34.3. The van der Waals surface area contributed by atoms with Gasteiger partial charge in [-0.1, -0.05) is 0 Å². The summed E-state index contributed by atoms with van der Waals surface area (Å²) in [7, 11) is 3.46. The molecule has 0 radical (unpaired) electrons. The average Bonchev–Trinajstić information content (AvgIpc) is 3.94. The van der Waals surface area contributed by atoms with E-state index >= 15 is 4.39 Å². The summed E-state index contributed by atoms with van der Waals surface area (Å²) in [4.78, 5) is 47.4. The number of imidazole rings is 1. The fourth-order valence-electron chi connectivity index (χ4n) is 9.56. The van der Waals surface area contributed by atoms with Crippen LogP contribution in [0, 0.1) is 18.6 Å². The maximum atomic E-state index is 15.2. The molecule has 8 heterocycles. The van der Waals surface area contributed by atoms with Crippen LogP contribution in [0.4, 0.5) is 20.5 Å². The molecule has 3 saturated heterocycles. The molecule has 6 aromatic rings. The van der Waals surface area contributed by atoms with Crippen molar-refractivity contribution in [3.63, 3.8) is 0 Å². The maximum absolute atomic E-state index is 15.2. The van der Waals surface area contributed by atoms with Crippen molar-refractivity contribution >= 4 is 39.7 Å². The Balaban J connectivity index is 1.09. The van der Waals surface area contributed by atoms with Gasteiger partial charge in [0.05, 0.1) is 54.1 Å². The molecule has 1 N–H and O–H groups in total. The molecular formula is C42H46F2N12O5. The SMILES string of the molecule is CCO[C@H]1CN(C)C(=O)[C@@H]2C[C@@H](CN2c2nc(N3C4CC3CN(CCOC)C4)nc3c2cnn3-c2ccc(F)cc2O)Oc2nccc(n2)-c2cc(F)cc3nc(C)n(c23)C1. The molecule has 4 aliphatic heterocycles. The number of amides is 1. The second-order valence-corrected chi connectivity index (χ2v) is 16.2. The number of halogens is 2. The predicted molar refractivity (Wildman–Crippen MR) is 220 cm³/mol. The van der Waals surface area contributed by atoms with Crippen molar-refractivity contribution in [1.29, 1.82) is 0 Å². The van der Waals surface area contributed by atoms with Crippen LogP contribution in [0.3, 0.4) is 0 Å². The fraction of sp³-hybridized carbons (Fsp3) is 0.452. The van der Waals surface area contributed by atoms with Crippen molar-refractivity contribution in [3.8, 4) is 28.7 Å². The summed E-state index contributed by atoms with van der Waals surface area (Å²) in [6, 6.07) is 7.90. The van der Waals surface area contributed by atoms with E-state index in [1.54, 1.807) is 37.5 Å². The molecule has 2 aromatic carbocycles. The van der Waals surface area contributed by atoms with E-state index in [1.165, 1.54) is 28.9 Å². The van der Waals surface area contributed by atoms with Crippen molar-refractivity contribution in [2.45, 2.75) is 63.6 Å². The number of methoxy groups -OCH3 is 1. The molecule has 3 fully saturated rings. The maximum Gasteiger partial charge on any atom is 0.317 e. The van der Waals surface area contributed by atoms with Crippen LogP contribution in [0.15, 0.2) is 48.8 Å². The number of aryl methyl sites for hydroxylation is 1. The summed E-state index contributed by atoms with van der Waals surface area (Å²) < 4.78 is 51.0. The van der Waals surface area contributed by atoms with E-state index in [2.05, 4.69) is 19.9 Å². The molecule has 4 aromatic heterocycles. The molecule has 4 aliphatic rings. The summed E-state index contributed by atoms with van der Waals surface area (Å²) in [6.45, 7) is 8.04. The summed E-state index contributed by atoms with van der Waals surface area (Å²) in [5.74, 6) is 0.0581. The Labute approximate surface area is 349 Å². The third kappa shape index (κ3) is 6.93. The molecule has 2 unspecified atom stereocenters. The van der Waals surface area contributed by atoms with Crippen LogP contribution in [0.1, 0.15) is 25.6 Å². The highest BCUT2D eigenvalue weighted by molar-refractivity contribution is 5.94. The molecule has 61 heavy (non-hydrogen) atoms. The fourth-order valence-corrected chi connectivity index (χ4v) is 9.56. The predicted octanol–water partition coefficient (Wildman–Crippen LogP) is 3.73. The number of carbonyl (C=O) groups excluding carboxylic acids is 1. The Morgan fingerprint density at radius 3 is 2.59 bits per heavy atom. The number of carbonyl (C=O) groups is 1. The molecule has 0 spiro atoms. The van der Waals surface area contributed by atoms with Crippen LogP contribution < -0.4 is 14.5 Å². The number of hydrogen-bond acceptors (Lipinski definition) is 14. The van der Waals surface area contributed by atoms with Gasteiger partial charge in [-0.2, -0.15) is 20.1 Å². The number of fused-ring (bicyclic) bond motifs is 8. The molecule has 10 rings (SSSR count). The van der Waals surface area contributed by atoms with Crippen LogP contribution in [-0.4, -0.2) is 151 Å². The van der Waals surface area contributed by atoms with Crippen molar-refractivity contribution in [2.24, 2.45) is 0 Å². The molecule has 1 amide bonds. The van der Waals surface area contributed by atoms with Crippen molar-refractivity contribution in [3.05, 3.63) is 66.3 Å². The standard InChI is InChI=1S/C42H46F2N12O5/c1-5-60-29-20-51(3)40(58)35-16-28(61-42-45-9-8-32(48-42)30-12-25(44)13-33-37(30)53(22-29)23(2)47-33)21-54(35)38-31-17-46-56(34-7-6-24(43)14-36(34)57)39(31)50-41(49-38)55-26-15-27(55)19-52(18-26)10-11-59-4/h6-9,12-14,17,26-29,35,57H,5,10-11,15-16,18-22H2,1-4H3/t26?,27?,28-,29-,35-/m0/s1. The smallest absolute Gasteiger partial charge is 0.317 e. The second kappa shape index (κ2) is 15.4. The summed E-state index contributed by atoms with van der Waals surface area (Å²) >= 11 is 0. The first kappa shape index (κ1) is 39.1. The van der Waals surface area contributed by atoms with E-state index in [4.69, 9.17) is 34.1 Å². The lowest BCUT2D eigenvalue weighted by Gasteiger charge is -2.56. The van der Waals surface area contributed by atoms with Gasteiger partial charge < -0.3 is 38.6 Å². The lowest BCUT2D eigenvalue weighted by Crippen LogP contribution is -2.69. The number of piperazine rings is 1. The summed E-state index contributed by atoms with van der Waals surface area (Å²) in [5, 5.41) is 16.1. The van der Waals surface area contributed by atoms with E-state index in [9.17, 15) is 14.3 Å². The molecule has 17 nitrogen and oxygen atoms in total. The van der Waals surface area contributed by atoms with Crippen molar-refractivity contribution < 1.29 is 32.9 Å². The number of anilines is 2. The van der Waals surface area contributed by atoms with Gasteiger partial charge >= 0.3 is 6.01 Å². The number of ether oxygens (including phenoxy) is 3. The van der Waals surface area contributed by atoms with Crippen LogP contribution >= 0.6 is 0 Å². The van der Waals surface area contributed by atoms with Gasteiger partial charge in [-0.3, -0.25) is 9.69 Å². The zero-order chi connectivity index (χ0) is 42.1. The van der Waals surface area contributed by atoms with Crippen LogP contribution in [0.25, 0.3) is 39.0 Å². The number of aromatic hydroxyl groups is 1. The van der Waals surface area contributed by atoms with Gasteiger partial charge in [0.25, 0.3) is 0 Å². The number of phenols is 1. The highest BCUT2D eigenvalue weighted by atomic mass is 19.1. The Bertz CT molecular complexity index is 2650. The minimum absolute atomic E-state index is 0.0747. The van der Waals surface area contributed by atoms with E-state index in [-0.39, 0.29) is 54.9 Å². The van der Waals surface area contributed by atoms with Gasteiger partial charge in [0.15, 0.2) is 5.65 Å². The Morgan fingerprint density at radius 1 is 0.967 bits per heavy atom. The Hall–Kier alpha value is -6.05. The van der Waals surface area contributed by atoms with Gasteiger partial charge in [-0.05, 0) is 44.5 Å². The quantitative estimate of drug-likeness (QED) is 0.236. The highest BCUT2D eigenvalue weighted by Crippen LogP contribution is 2.41. The monoisotopic (exact) mass is 836 g/mol. The number of likely N-dealkylation sites (N-methyl/N-ethyl adjacent to an activating group) is 1. The van der Waals surface area contributed by atoms with Gasteiger partial charge in [0.1, 0.15) is 46.9 Å². The van der Waals surface area contributed by atoms with Gasteiger partial charge in [0, 0.05) is 89.3 Å². The number of phenolic OH excluding ortho intramolecular Hbond substituents is 1. The van der Waals surface area contributed by atoms with Crippen LogP contribution in [-0.2, 0) is 20.8 Å². The van der Waals surface area contributed by atoms with E-state index in [0.29, 0.717) is 70.7 Å². The van der Waals surface area contributed by atoms with E-state index < -0.39 is 29.9 Å². The first-order chi connectivity index (χ1) is 29.6. The number of nitrogens with zero attached hydrogens (tertiary/aromatic N) is 12. The molecule has 5 atom stereocenters. The van der Waals surface area contributed by atoms with Gasteiger partial charge in [-0.25, -0.2) is 23.4 Å². The van der Waals surface area contributed by atoms with Crippen LogP contribution in [0.2, 0.25) is 0 Å². The largest absolute Gasteiger partial charge is 0.506 e. The minimum atomic E-state index is -0.757. The lowest BCUT2D eigenvalue weighted by atomic mass is 9.88. The molecule has 19 heteroatoms. The number of likely N-dealkylation sites (tertiary alicyclic amines) is 1. The van der Waals surface area contributed by atoms with E-state index in [1.807, 2.05) is 23.3 Å². The first-order valence-corrected chi connectivity index (χ1v) is 20.6. The third-order valence-electron chi connectivity index (χ3n) is 12.3. The number of hydrogen-bond donors (Lipinski definition) is 1. The summed E-state index contributed by atoms with van der Waals surface area (Å²) in [6.07, 6.45) is 3.40. The number of rotatable bonds is 8. The molecule has 6 bridgehead atoms. The Morgan fingerprint density at radius 2 is 1.80 bits per heavy atom. The van der Waals surface area contributed by atoms with Crippen LogP contribution in [0.5, 0.6) is 11.8 Å². The molecule has 0 saturated carbocycles. The van der Waals surface area contributed by atoms with Gasteiger partial charge in [-0.15, -0.1) is 0 Å². The molecular weight excluding hydrogens is 791 g/mol. The molecule has 318 valence electrons. The first-order valence-electron chi connectivity index (χ1n) is 20.6. The van der Waals surface area contributed by atoms with Gasteiger partial charge in [0.2, 0.25) is 11.9 Å². The third-order valence-corrected chi connectivity index (χ3v) is 12.3. The topological polar surface area (TPSA) is 165 Å². The molecule has 0 aliphatic carbocycles. The number of aromatic nitrogens is 8. The normalized spacial score (nSPS) is 23.0. The minimum Gasteiger partial charge on any atom is -0.506 e. The zero-order valence-corrected chi connectivity index (χ0v) is 34.3. The number of piperidine rings is 1. The highest BCUT2D eigenvalue weighted by Gasteiger charge is 2.47. The number of benzene rings is 2. The van der Waals surface area contributed by atoms with Crippen molar-refractivity contribution in [1.82, 2.24) is 49.1 Å².